The van der Waals surface area contributed by atoms with E-state index in [9.17, 15) is 0 Å². The lowest BCUT2D eigenvalue weighted by Gasteiger charge is -2.36. The molecule has 0 aromatic heterocycles. The Morgan fingerprint density at radius 2 is 1.55 bits per heavy atom. The van der Waals surface area contributed by atoms with Crippen molar-refractivity contribution in [3.63, 3.8) is 0 Å². The summed E-state index contributed by atoms with van der Waals surface area (Å²) in [5.74, 6) is 0.575. The first-order valence-corrected chi connectivity index (χ1v) is 8.09. The highest BCUT2D eigenvalue weighted by molar-refractivity contribution is 7.99. The van der Waals surface area contributed by atoms with Gasteiger partial charge in [0.25, 0.3) is 0 Å². The van der Waals surface area contributed by atoms with Gasteiger partial charge in [0.2, 0.25) is 0 Å². The molecule has 0 fully saturated rings. The van der Waals surface area contributed by atoms with E-state index in [1.807, 2.05) is 11.8 Å². The number of rotatable bonds is 2. The molecule has 0 atom stereocenters. The summed E-state index contributed by atoms with van der Waals surface area (Å²) >= 11 is 1.89. The number of hydrogen-bond acceptors (Lipinski definition) is 2. The number of fused-ring (bicyclic) bond motifs is 2. The monoisotopic (exact) mass is 283 g/mol. The van der Waals surface area contributed by atoms with Crippen LogP contribution in [-0.2, 0) is 0 Å². The molecule has 20 heavy (non-hydrogen) atoms. The smallest absolute Gasteiger partial charge is 0.0555 e. The highest BCUT2D eigenvalue weighted by atomic mass is 32.2. The molecule has 2 aromatic rings. The highest BCUT2D eigenvalue weighted by Gasteiger charge is 2.25. The number of hydrogen-bond donors (Lipinski definition) is 0. The number of nitrogens with zero attached hydrogens (tertiary/aromatic N) is 1. The molecule has 0 amide bonds. The van der Waals surface area contributed by atoms with E-state index >= 15 is 0 Å². The molecule has 0 aliphatic carbocycles. The van der Waals surface area contributed by atoms with Gasteiger partial charge in [-0.15, -0.1) is 0 Å². The predicted molar refractivity (Wildman–Crippen MR) is 88.4 cm³/mol. The first kappa shape index (κ1) is 13.6. The van der Waals surface area contributed by atoms with Gasteiger partial charge in [0.15, 0.2) is 0 Å². The fraction of sp³-hybridized carbons (Fsp3) is 0.333. The van der Waals surface area contributed by atoms with Gasteiger partial charge in [0.1, 0.15) is 0 Å². The Hall–Kier alpha value is -1.41. The van der Waals surface area contributed by atoms with E-state index in [0.29, 0.717) is 12.0 Å². The minimum absolute atomic E-state index is 0.459. The van der Waals surface area contributed by atoms with E-state index in [-0.39, 0.29) is 0 Å². The molecule has 0 unspecified atom stereocenters. The Labute approximate surface area is 126 Å². The van der Waals surface area contributed by atoms with Gasteiger partial charge in [-0.05, 0) is 49.6 Å². The second-order valence-corrected chi connectivity index (χ2v) is 7.00. The lowest BCUT2D eigenvalue weighted by molar-refractivity contribution is 0.770. The molecule has 0 radical (unpaired) electrons. The molecule has 2 heteroatoms. The van der Waals surface area contributed by atoms with Crippen molar-refractivity contribution in [2.45, 2.75) is 49.4 Å². The lowest BCUT2D eigenvalue weighted by atomic mass is 10.0. The van der Waals surface area contributed by atoms with E-state index in [4.69, 9.17) is 0 Å². The van der Waals surface area contributed by atoms with Gasteiger partial charge in [0.05, 0.1) is 11.4 Å². The zero-order chi connectivity index (χ0) is 14.3. The minimum atomic E-state index is 0.459. The van der Waals surface area contributed by atoms with Crippen molar-refractivity contribution in [2.24, 2.45) is 0 Å². The van der Waals surface area contributed by atoms with Crippen LogP contribution >= 0.6 is 11.8 Å². The Morgan fingerprint density at radius 1 is 0.850 bits per heavy atom. The summed E-state index contributed by atoms with van der Waals surface area (Å²) in [6, 6.07) is 16.1. The zero-order valence-electron chi connectivity index (χ0n) is 12.6. The molecule has 0 N–H and O–H groups in total. The molecule has 3 rings (SSSR count). The average Bonchev–Trinajstić information content (AvgIpc) is 2.43. The third kappa shape index (κ3) is 2.22. The van der Waals surface area contributed by atoms with E-state index in [0.717, 1.165) is 0 Å². The Morgan fingerprint density at radius 3 is 2.25 bits per heavy atom. The quantitative estimate of drug-likeness (QED) is 0.683. The maximum atomic E-state index is 2.45. The molecule has 0 bridgehead atoms. The maximum absolute atomic E-state index is 2.45. The molecule has 2 aromatic carbocycles. The number of para-hydroxylation sites is 1. The van der Waals surface area contributed by atoms with Crippen molar-refractivity contribution in [2.75, 3.05) is 4.90 Å². The summed E-state index contributed by atoms with van der Waals surface area (Å²) in [5, 5.41) is 0. The van der Waals surface area contributed by atoms with Crippen LogP contribution in [0.2, 0.25) is 0 Å². The van der Waals surface area contributed by atoms with E-state index in [1.165, 1.54) is 26.7 Å². The van der Waals surface area contributed by atoms with Crippen molar-refractivity contribution in [3.05, 3.63) is 48.0 Å². The lowest BCUT2D eigenvalue weighted by Crippen LogP contribution is -2.28. The van der Waals surface area contributed by atoms with Crippen molar-refractivity contribution in [3.8, 4) is 0 Å². The van der Waals surface area contributed by atoms with E-state index < -0.39 is 0 Å². The molecule has 0 spiro atoms. The zero-order valence-corrected chi connectivity index (χ0v) is 13.4. The Balaban J connectivity index is 2.15. The van der Waals surface area contributed by atoms with Crippen molar-refractivity contribution >= 4 is 23.1 Å². The molecule has 1 aliphatic rings. The van der Waals surface area contributed by atoms with Gasteiger partial charge < -0.3 is 4.90 Å². The Bertz CT molecular complexity index is 631. The third-order valence-electron chi connectivity index (χ3n) is 3.77. The summed E-state index contributed by atoms with van der Waals surface area (Å²) < 4.78 is 0. The molecular formula is C18H21NS. The highest BCUT2D eigenvalue weighted by Crippen LogP contribution is 2.49. The minimum Gasteiger partial charge on any atom is -0.337 e. The molecule has 1 heterocycles. The van der Waals surface area contributed by atoms with Crippen LogP contribution in [0, 0.1) is 0 Å². The topological polar surface area (TPSA) is 3.24 Å². The van der Waals surface area contributed by atoms with Gasteiger partial charge in [-0.3, -0.25) is 0 Å². The molecular weight excluding hydrogens is 262 g/mol. The number of benzene rings is 2. The maximum Gasteiger partial charge on any atom is 0.0555 e. The van der Waals surface area contributed by atoms with E-state index in [1.54, 1.807) is 0 Å². The van der Waals surface area contributed by atoms with Crippen molar-refractivity contribution in [1.82, 2.24) is 0 Å². The SMILES string of the molecule is CC(C)c1ccc2c(c1)Sc1ccccc1N2C(C)C. The fourth-order valence-corrected chi connectivity index (χ4v) is 3.84. The average molecular weight is 283 g/mol. The summed E-state index contributed by atoms with van der Waals surface area (Å²) in [6.07, 6.45) is 0. The van der Waals surface area contributed by atoms with Crippen molar-refractivity contribution < 1.29 is 0 Å². The normalized spacial score (nSPS) is 13.6. The first-order chi connectivity index (χ1) is 9.58. The van der Waals surface area contributed by atoms with Crippen LogP contribution in [0.5, 0.6) is 0 Å². The standard InChI is InChI=1S/C18H21NS/c1-12(2)14-9-10-16-18(11-14)20-17-8-6-5-7-15(17)19(16)13(3)4/h5-13H,1-4H3. The summed E-state index contributed by atoms with van der Waals surface area (Å²) in [7, 11) is 0. The van der Waals surface area contributed by atoms with Crippen LogP contribution in [0.3, 0.4) is 0 Å². The largest absolute Gasteiger partial charge is 0.337 e. The van der Waals surface area contributed by atoms with Crippen LogP contribution < -0.4 is 4.90 Å². The molecule has 104 valence electrons. The number of anilines is 2. The first-order valence-electron chi connectivity index (χ1n) is 7.28. The van der Waals surface area contributed by atoms with Crippen LogP contribution in [0.1, 0.15) is 39.2 Å². The summed E-state index contributed by atoms with van der Waals surface area (Å²) in [4.78, 5) is 5.18. The van der Waals surface area contributed by atoms with Crippen molar-refractivity contribution in [1.29, 1.82) is 0 Å². The third-order valence-corrected chi connectivity index (χ3v) is 4.88. The van der Waals surface area contributed by atoms with E-state index in [2.05, 4.69) is 75.1 Å². The van der Waals surface area contributed by atoms with Crippen LogP contribution in [0.25, 0.3) is 0 Å². The van der Waals surface area contributed by atoms with Crippen LogP contribution in [0.15, 0.2) is 52.3 Å². The van der Waals surface area contributed by atoms with Gasteiger partial charge >= 0.3 is 0 Å². The van der Waals surface area contributed by atoms with Gasteiger partial charge in [-0.25, -0.2) is 0 Å². The molecule has 0 saturated heterocycles. The van der Waals surface area contributed by atoms with Gasteiger partial charge in [0, 0.05) is 15.8 Å². The summed E-state index contributed by atoms with van der Waals surface area (Å²) in [5.41, 5.74) is 4.09. The molecule has 1 nitrogen and oxygen atoms in total. The van der Waals surface area contributed by atoms with Crippen LogP contribution in [-0.4, -0.2) is 6.04 Å². The molecule has 0 saturated carbocycles. The molecule has 1 aliphatic heterocycles. The van der Waals surface area contributed by atoms with Crippen LogP contribution in [0.4, 0.5) is 11.4 Å². The Kier molecular flexibility index (Phi) is 3.51. The van der Waals surface area contributed by atoms with Gasteiger partial charge in [-0.2, -0.15) is 0 Å². The fourth-order valence-electron chi connectivity index (χ4n) is 2.72. The second kappa shape index (κ2) is 5.17. The summed E-state index contributed by atoms with van der Waals surface area (Å²) in [6.45, 7) is 9.02. The van der Waals surface area contributed by atoms with Gasteiger partial charge in [-0.1, -0.05) is 43.8 Å². The predicted octanol–water partition coefficient (Wildman–Crippen LogP) is 5.82. The second-order valence-electron chi connectivity index (χ2n) is 5.92.